The first-order valence-electron chi connectivity index (χ1n) is 9.19. The molecule has 0 saturated carbocycles. The molecule has 144 valence electrons. The van der Waals surface area contributed by atoms with Crippen molar-refractivity contribution in [1.29, 1.82) is 0 Å². The average Bonchev–Trinajstić information content (AvgIpc) is 3.16. The number of thiazole rings is 1. The van der Waals surface area contributed by atoms with Gasteiger partial charge in [-0.15, -0.1) is 5.10 Å². The van der Waals surface area contributed by atoms with E-state index in [1.807, 2.05) is 26.8 Å². The lowest BCUT2D eigenvalue weighted by Crippen LogP contribution is -2.47. The third-order valence-electron chi connectivity index (χ3n) is 4.82. The summed E-state index contributed by atoms with van der Waals surface area (Å²) >= 11 is 1.36. The van der Waals surface area contributed by atoms with Gasteiger partial charge in [0.15, 0.2) is 5.82 Å². The number of fused-ring (bicyclic) bond motifs is 1. The fourth-order valence-corrected chi connectivity index (χ4v) is 4.87. The summed E-state index contributed by atoms with van der Waals surface area (Å²) in [4.78, 5) is 7.90. The van der Waals surface area contributed by atoms with E-state index in [2.05, 4.69) is 15.0 Å². The first-order valence-corrected chi connectivity index (χ1v) is 10.0. The largest absolute Gasteiger partial charge is 0.492 e. The van der Waals surface area contributed by atoms with Gasteiger partial charge in [-0.25, -0.2) is 9.37 Å². The summed E-state index contributed by atoms with van der Waals surface area (Å²) in [6, 6.07) is 6.31. The number of rotatable bonds is 4. The number of ether oxygens (including phenoxy) is 1. The van der Waals surface area contributed by atoms with Crippen molar-refractivity contribution < 1.29 is 14.2 Å². The van der Waals surface area contributed by atoms with Gasteiger partial charge in [-0.05, 0) is 19.9 Å². The van der Waals surface area contributed by atoms with Gasteiger partial charge in [-0.1, -0.05) is 36.5 Å². The van der Waals surface area contributed by atoms with Crippen molar-refractivity contribution in [3.63, 3.8) is 0 Å². The van der Waals surface area contributed by atoms with Gasteiger partial charge in [0.1, 0.15) is 5.82 Å². The second-order valence-electron chi connectivity index (χ2n) is 7.00. The summed E-state index contributed by atoms with van der Waals surface area (Å²) < 4.78 is 22.0. The molecule has 6 nitrogen and oxygen atoms in total. The molecule has 1 aromatic carbocycles. The van der Waals surface area contributed by atoms with Crippen LogP contribution in [0.15, 0.2) is 24.3 Å². The Morgan fingerprint density at radius 1 is 1.30 bits per heavy atom. The Morgan fingerprint density at radius 3 is 2.63 bits per heavy atom. The van der Waals surface area contributed by atoms with Crippen LogP contribution in [-0.4, -0.2) is 49.9 Å². The second kappa shape index (κ2) is 7.18. The zero-order valence-electron chi connectivity index (χ0n) is 15.6. The van der Waals surface area contributed by atoms with Crippen LogP contribution in [0.5, 0.6) is 5.88 Å². The number of benzene rings is 1. The molecule has 0 amide bonds. The number of aromatic hydroxyl groups is 1. The van der Waals surface area contributed by atoms with E-state index in [1.54, 1.807) is 12.1 Å². The molecule has 1 N–H and O–H groups in total. The van der Waals surface area contributed by atoms with Crippen molar-refractivity contribution in [3.8, 4) is 5.88 Å². The maximum atomic E-state index is 14.7. The van der Waals surface area contributed by atoms with Crippen LogP contribution in [0.2, 0.25) is 0 Å². The molecule has 1 aliphatic heterocycles. The van der Waals surface area contributed by atoms with E-state index in [9.17, 15) is 9.50 Å². The molecule has 0 bridgehead atoms. The molecule has 8 heteroatoms. The molecular formula is C19H23FN4O2S. The minimum Gasteiger partial charge on any atom is -0.492 e. The van der Waals surface area contributed by atoms with Crippen LogP contribution >= 0.6 is 11.3 Å². The summed E-state index contributed by atoms with van der Waals surface area (Å²) in [5, 5.41) is 15.2. The highest BCUT2D eigenvalue weighted by Gasteiger charge is 2.35. The van der Waals surface area contributed by atoms with E-state index >= 15 is 0 Å². The van der Waals surface area contributed by atoms with Crippen LogP contribution in [0.4, 0.5) is 4.39 Å². The Balaban J connectivity index is 1.84. The number of nitrogens with zero attached hydrogens (tertiary/aromatic N) is 4. The minimum absolute atomic E-state index is 0.0269. The molecule has 1 saturated heterocycles. The first-order chi connectivity index (χ1) is 13.0. The van der Waals surface area contributed by atoms with E-state index in [1.165, 1.54) is 21.9 Å². The Bertz CT molecular complexity index is 946. The molecule has 3 atom stereocenters. The molecule has 0 radical (unpaired) electrons. The maximum absolute atomic E-state index is 14.7. The summed E-state index contributed by atoms with van der Waals surface area (Å²) in [6.45, 7) is 7.29. The quantitative estimate of drug-likeness (QED) is 0.740. The van der Waals surface area contributed by atoms with E-state index in [0.717, 1.165) is 0 Å². The summed E-state index contributed by atoms with van der Waals surface area (Å²) in [6.07, 6.45) is 0.747. The molecule has 3 heterocycles. The van der Waals surface area contributed by atoms with Crippen molar-refractivity contribution in [3.05, 3.63) is 46.3 Å². The minimum atomic E-state index is -0.418. The maximum Gasteiger partial charge on any atom is 0.230 e. The zero-order chi connectivity index (χ0) is 19.1. The third-order valence-corrected chi connectivity index (χ3v) is 5.89. The standard InChI is InChI=1S/C19H23FN4O2S/c1-4-15-21-19-24(22-15)18(25)17(27-19)16(13-7-5-6-8-14(13)20)23-9-11(2)26-12(3)10-23/h5-8,11-12,16,25H,4,9-10H2,1-3H3. The van der Waals surface area contributed by atoms with Crippen molar-refractivity contribution in [2.75, 3.05) is 13.1 Å². The lowest BCUT2D eigenvalue weighted by Gasteiger charge is -2.40. The topological polar surface area (TPSA) is 62.9 Å². The molecule has 2 aromatic heterocycles. The van der Waals surface area contributed by atoms with Gasteiger partial charge >= 0.3 is 0 Å². The van der Waals surface area contributed by atoms with Gasteiger partial charge in [0.25, 0.3) is 0 Å². The van der Waals surface area contributed by atoms with E-state index < -0.39 is 6.04 Å². The Hall–Kier alpha value is -2.03. The number of aromatic nitrogens is 3. The van der Waals surface area contributed by atoms with Gasteiger partial charge in [0.2, 0.25) is 10.8 Å². The van der Waals surface area contributed by atoms with Crippen LogP contribution in [0.3, 0.4) is 0 Å². The zero-order valence-corrected chi connectivity index (χ0v) is 16.4. The molecular weight excluding hydrogens is 367 g/mol. The second-order valence-corrected chi connectivity index (χ2v) is 8.01. The predicted molar refractivity (Wildman–Crippen MR) is 102 cm³/mol. The monoisotopic (exact) mass is 390 g/mol. The van der Waals surface area contributed by atoms with Crippen LogP contribution in [-0.2, 0) is 11.2 Å². The van der Waals surface area contributed by atoms with Crippen LogP contribution < -0.4 is 0 Å². The fourth-order valence-electron chi connectivity index (χ4n) is 3.75. The highest BCUT2D eigenvalue weighted by Crippen LogP contribution is 2.41. The third kappa shape index (κ3) is 3.33. The molecule has 3 unspecified atom stereocenters. The highest BCUT2D eigenvalue weighted by atomic mass is 32.1. The van der Waals surface area contributed by atoms with E-state index in [-0.39, 0.29) is 23.9 Å². The molecule has 1 fully saturated rings. The number of hydrogen-bond acceptors (Lipinski definition) is 6. The van der Waals surface area contributed by atoms with Crippen molar-refractivity contribution >= 4 is 16.3 Å². The average molecular weight is 390 g/mol. The van der Waals surface area contributed by atoms with Gasteiger partial charge in [0.05, 0.1) is 23.1 Å². The SMILES string of the molecule is CCc1nc2sc(C(c3ccccc3F)N3CC(C)OC(C)C3)c(O)n2n1. The van der Waals surface area contributed by atoms with Gasteiger partial charge in [-0.3, -0.25) is 4.90 Å². The number of aryl methyl sites for hydroxylation is 1. The van der Waals surface area contributed by atoms with Gasteiger partial charge < -0.3 is 9.84 Å². The smallest absolute Gasteiger partial charge is 0.230 e. The predicted octanol–water partition coefficient (Wildman–Crippen LogP) is 3.40. The van der Waals surface area contributed by atoms with E-state index in [0.29, 0.717) is 40.7 Å². The van der Waals surface area contributed by atoms with Crippen LogP contribution in [0.1, 0.15) is 43.1 Å². The Kier molecular flexibility index (Phi) is 4.88. The Labute approximate surface area is 161 Å². The molecule has 4 rings (SSSR count). The van der Waals surface area contributed by atoms with Crippen LogP contribution in [0.25, 0.3) is 4.96 Å². The first kappa shape index (κ1) is 18.3. The summed E-state index contributed by atoms with van der Waals surface area (Å²) in [7, 11) is 0. The number of morpholine rings is 1. The molecule has 0 spiro atoms. The summed E-state index contributed by atoms with van der Waals surface area (Å²) in [5.41, 5.74) is 0.536. The van der Waals surface area contributed by atoms with Crippen molar-refractivity contribution in [2.24, 2.45) is 0 Å². The lowest BCUT2D eigenvalue weighted by atomic mass is 10.0. The molecule has 1 aliphatic rings. The van der Waals surface area contributed by atoms with Gasteiger partial charge in [-0.2, -0.15) is 4.52 Å². The molecule has 0 aliphatic carbocycles. The fraction of sp³-hybridized carbons (Fsp3) is 0.474. The van der Waals surface area contributed by atoms with Crippen molar-refractivity contribution in [1.82, 2.24) is 19.5 Å². The molecule has 3 aromatic rings. The Morgan fingerprint density at radius 2 is 2.00 bits per heavy atom. The number of halogens is 1. The normalized spacial score (nSPS) is 22.4. The lowest BCUT2D eigenvalue weighted by molar-refractivity contribution is -0.0767. The number of hydrogen-bond donors (Lipinski definition) is 1. The van der Waals surface area contributed by atoms with E-state index in [4.69, 9.17) is 4.74 Å². The molecule has 27 heavy (non-hydrogen) atoms. The summed E-state index contributed by atoms with van der Waals surface area (Å²) in [5.74, 6) is 0.420. The van der Waals surface area contributed by atoms with Gasteiger partial charge in [0, 0.05) is 25.1 Å². The van der Waals surface area contributed by atoms with Crippen molar-refractivity contribution in [2.45, 2.75) is 45.4 Å². The highest BCUT2D eigenvalue weighted by molar-refractivity contribution is 7.17. The van der Waals surface area contributed by atoms with Crippen LogP contribution in [0, 0.1) is 5.82 Å².